The van der Waals surface area contributed by atoms with Crippen LogP contribution in [0.2, 0.25) is 0 Å². The number of nitrogens with one attached hydrogen (secondary N) is 1. The molecule has 0 radical (unpaired) electrons. The highest BCUT2D eigenvalue weighted by Crippen LogP contribution is 2.25. The van der Waals surface area contributed by atoms with Crippen LogP contribution in [-0.4, -0.2) is 14.2 Å². The summed E-state index contributed by atoms with van der Waals surface area (Å²) in [5.41, 5.74) is 0.969. The van der Waals surface area contributed by atoms with Crippen LogP contribution in [0.25, 0.3) is 0 Å². The summed E-state index contributed by atoms with van der Waals surface area (Å²) in [6.07, 6.45) is 3.15. The predicted octanol–water partition coefficient (Wildman–Crippen LogP) is 4.18. The highest BCUT2D eigenvalue weighted by molar-refractivity contribution is 7.09. The molecule has 0 bridgehead atoms. The first-order valence-electron chi connectivity index (χ1n) is 6.77. The molecule has 2 nitrogen and oxygen atoms in total. The molecule has 2 aromatic rings. The van der Waals surface area contributed by atoms with Crippen LogP contribution in [0.4, 0.5) is 4.39 Å². The van der Waals surface area contributed by atoms with E-state index in [2.05, 4.69) is 22.8 Å². The zero-order valence-electron chi connectivity index (χ0n) is 11.9. The van der Waals surface area contributed by atoms with E-state index in [4.69, 9.17) is 4.74 Å². The van der Waals surface area contributed by atoms with Crippen molar-refractivity contribution in [2.75, 3.05) is 14.2 Å². The van der Waals surface area contributed by atoms with Crippen molar-refractivity contribution >= 4 is 11.3 Å². The molecule has 0 fully saturated rings. The molecular formula is C16H20FNOS. The molecule has 0 amide bonds. The first kappa shape index (κ1) is 15.0. The van der Waals surface area contributed by atoms with Crippen molar-refractivity contribution in [1.82, 2.24) is 5.32 Å². The fraction of sp³-hybridized carbons (Fsp3) is 0.375. The molecule has 1 aromatic carbocycles. The van der Waals surface area contributed by atoms with Crippen molar-refractivity contribution in [3.8, 4) is 5.75 Å². The number of thiophene rings is 1. The van der Waals surface area contributed by atoms with E-state index < -0.39 is 0 Å². The van der Waals surface area contributed by atoms with Crippen molar-refractivity contribution in [3.63, 3.8) is 0 Å². The van der Waals surface area contributed by atoms with E-state index >= 15 is 0 Å². The Balaban J connectivity index is 1.95. The molecule has 108 valence electrons. The van der Waals surface area contributed by atoms with Gasteiger partial charge in [-0.3, -0.25) is 0 Å². The Morgan fingerprint density at radius 3 is 2.80 bits per heavy atom. The standard InChI is InChI=1S/C16H20FNOS/c1-18-15(7-3-5-13-6-4-10-20-13)12-8-9-16(19-2)14(17)11-12/h4,6,8-11,15,18H,3,5,7H2,1-2H3. The van der Waals surface area contributed by atoms with Crippen LogP contribution < -0.4 is 10.1 Å². The average Bonchev–Trinajstić information content (AvgIpc) is 2.97. The predicted molar refractivity (Wildman–Crippen MR) is 82.0 cm³/mol. The van der Waals surface area contributed by atoms with Crippen molar-refractivity contribution < 1.29 is 9.13 Å². The van der Waals surface area contributed by atoms with Gasteiger partial charge in [-0.15, -0.1) is 11.3 Å². The maximum Gasteiger partial charge on any atom is 0.165 e. The van der Waals surface area contributed by atoms with Gasteiger partial charge in [0.1, 0.15) is 0 Å². The van der Waals surface area contributed by atoms with Crippen molar-refractivity contribution in [3.05, 3.63) is 52.0 Å². The molecule has 2 rings (SSSR count). The summed E-state index contributed by atoms with van der Waals surface area (Å²) in [6.45, 7) is 0. The average molecular weight is 293 g/mol. The number of benzene rings is 1. The second-order valence-corrected chi connectivity index (χ2v) is 5.74. The minimum absolute atomic E-state index is 0.176. The number of ether oxygens (including phenoxy) is 1. The Labute approximate surface area is 123 Å². The Morgan fingerprint density at radius 1 is 1.35 bits per heavy atom. The zero-order valence-corrected chi connectivity index (χ0v) is 12.7. The molecule has 1 heterocycles. The lowest BCUT2D eigenvalue weighted by Crippen LogP contribution is -2.16. The third kappa shape index (κ3) is 3.81. The molecular weight excluding hydrogens is 273 g/mol. The molecule has 0 saturated heterocycles. The van der Waals surface area contributed by atoms with Gasteiger partial charge in [0.05, 0.1) is 7.11 Å². The maximum absolute atomic E-state index is 13.7. The lowest BCUT2D eigenvalue weighted by atomic mass is 10.0. The van der Waals surface area contributed by atoms with Crippen LogP contribution in [0.15, 0.2) is 35.7 Å². The van der Waals surface area contributed by atoms with Gasteiger partial charge in [-0.2, -0.15) is 0 Å². The highest BCUT2D eigenvalue weighted by atomic mass is 32.1. The molecule has 1 N–H and O–H groups in total. The van der Waals surface area contributed by atoms with E-state index in [1.165, 1.54) is 12.0 Å². The van der Waals surface area contributed by atoms with Crippen molar-refractivity contribution in [2.24, 2.45) is 0 Å². The number of hydrogen-bond donors (Lipinski definition) is 1. The second kappa shape index (κ2) is 7.41. The van der Waals surface area contributed by atoms with Gasteiger partial charge in [-0.25, -0.2) is 4.39 Å². The third-order valence-electron chi connectivity index (χ3n) is 3.42. The normalized spacial score (nSPS) is 12.3. The summed E-state index contributed by atoms with van der Waals surface area (Å²) in [6, 6.07) is 9.59. The zero-order chi connectivity index (χ0) is 14.4. The largest absolute Gasteiger partial charge is 0.494 e. The number of methoxy groups -OCH3 is 1. The van der Waals surface area contributed by atoms with Crippen LogP contribution in [0.3, 0.4) is 0 Å². The summed E-state index contributed by atoms with van der Waals surface area (Å²) in [5, 5.41) is 5.36. The molecule has 20 heavy (non-hydrogen) atoms. The van der Waals surface area contributed by atoms with Crippen molar-refractivity contribution in [2.45, 2.75) is 25.3 Å². The Kier molecular flexibility index (Phi) is 5.56. The molecule has 0 spiro atoms. The Morgan fingerprint density at radius 2 is 2.20 bits per heavy atom. The van der Waals surface area contributed by atoms with Gasteiger partial charge >= 0.3 is 0 Å². The quantitative estimate of drug-likeness (QED) is 0.827. The topological polar surface area (TPSA) is 21.3 Å². The maximum atomic E-state index is 13.7. The van der Waals surface area contributed by atoms with Gasteiger partial charge in [0.2, 0.25) is 0 Å². The van der Waals surface area contributed by atoms with E-state index in [0.717, 1.165) is 24.8 Å². The van der Waals surface area contributed by atoms with E-state index in [-0.39, 0.29) is 11.9 Å². The minimum Gasteiger partial charge on any atom is -0.494 e. The van der Waals surface area contributed by atoms with E-state index in [9.17, 15) is 4.39 Å². The number of halogens is 1. The lowest BCUT2D eigenvalue weighted by molar-refractivity contribution is 0.385. The van der Waals surface area contributed by atoms with Crippen LogP contribution in [-0.2, 0) is 6.42 Å². The van der Waals surface area contributed by atoms with Crippen LogP contribution in [0.1, 0.15) is 29.3 Å². The molecule has 0 aliphatic rings. The summed E-state index contributed by atoms with van der Waals surface area (Å²) in [4.78, 5) is 1.40. The van der Waals surface area contributed by atoms with Crippen LogP contribution >= 0.6 is 11.3 Å². The molecule has 0 aliphatic carbocycles. The number of aryl methyl sites for hydroxylation is 1. The van der Waals surface area contributed by atoms with Gasteiger partial charge in [-0.1, -0.05) is 12.1 Å². The van der Waals surface area contributed by atoms with E-state index in [1.54, 1.807) is 23.5 Å². The molecule has 1 atom stereocenters. The van der Waals surface area contributed by atoms with Gasteiger partial charge in [0, 0.05) is 10.9 Å². The summed E-state index contributed by atoms with van der Waals surface area (Å²) in [7, 11) is 3.40. The van der Waals surface area contributed by atoms with Gasteiger partial charge in [0.15, 0.2) is 11.6 Å². The second-order valence-electron chi connectivity index (χ2n) is 4.71. The lowest BCUT2D eigenvalue weighted by Gasteiger charge is -2.17. The summed E-state index contributed by atoms with van der Waals surface area (Å²) >= 11 is 1.79. The van der Waals surface area contributed by atoms with Crippen molar-refractivity contribution in [1.29, 1.82) is 0 Å². The van der Waals surface area contributed by atoms with E-state index in [1.807, 2.05) is 13.1 Å². The van der Waals surface area contributed by atoms with Crippen LogP contribution in [0, 0.1) is 5.82 Å². The number of hydrogen-bond acceptors (Lipinski definition) is 3. The SMILES string of the molecule is CNC(CCCc1cccs1)c1ccc(OC)c(F)c1. The van der Waals surface area contributed by atoms with Crippen LogP contribution in [0.5, 0.6) is 5.75 Å². The molecule has 4 heteroatoms. The Hall–Kier alpha value is -1.39. The third-order valence-corrected chi connectivity index (χ3v) is 4.36. The summed E-state index contributed by atoms with van der Waals surface area (Å²) in [5.74, 6) is -0.00862. The van der Waals surface area contributed by atoms with E-state index in [0.29, 0.717) is 5.75 Å². The Bertz CT molecular complexity index is 527. The highest BCUT2D eigenvalue weighted by Gasteiger charge is 2.12. The molecule has 1 aromatic heterocycles. The molecule has 0 aliphatic heterocycles. The fourth-order valence-corrected chi connectivity index (χ4v) is 3.06. The van der Waals surface area contributed by atoms with Gasteiger partial charge in [0.25, 0.3) is 0 Å². The monoisotopic (exact) mass is 293 g/mol. The molecule has 0 saturated carbocycles. The summed E-state index contributed by atoms with van der Waals surface area (Å²) < 4.78 is 18.7. The number of rotatable bonds is 7. The minimum atomic E-state index is -0.302. The van der Waals surface area contributed by atoms with Gasteiger partial charge in [-0.05, 0) is 55.5 Å². The fourth-order valence-electron chi connectivity index (χ4n) is 2.31. The van der Waals surface area contributed by atoms with Gasteiger partial charge < -0.3 is 10.1 Å². The first-order chi connectivity index (χ1) is 9.74. The molecule has 1 unspecified atom stereocenters. The smallest absolute Gasteiger partial charge is 0.165 e. The first-order valence-corrected chi connectivity index (χ1v) is 7.65.